The third-order valence-corrected chi connectivity index (χ3v) is 6.56. The maximum Gasteiger partial charge on any atom is 0.210 e. The minimum absolute atomic E-state index is 0. The molecule has 3 heteroatoms. The van der Waals surface area contributed by atoms with Crippen molar-refractivity contribution < 1.29 is 33.3 Å². The smallest absolute Gasteiger partial charge is 0.210 e. The summed E-state index contributed by atoms with van der Waals surface area (Å²) in [5.74, 6) is -0.0606. The van der Waals surface area contributed by atoms with Crippen LogP contribution in [0.5, 0.6) is 0 Å². The molecule has 1 aliphatic rings. The van der Waals surface area contributed by atoms with Crippen LogP contribution < -0.4 is 24.0 Å². The third-order valence-electron chi connectivity index (χ3n) is 6.56. The summed E-state index contributed by atoms with van der Waals surface area (Å²) < 4.78 is 2.42. The van der Waals surface area contributed by atoms with Gasteiger partial charge in [0.2, 0.25) is 5.69 Å². The summed E-state index contributed by atoms with van der Waals surface area (Å²) in [5.41, 5.74) is 4.95. The molecular weight excluding hydrogens is 529 g/mol. The Morgan fingerprint density at radius 3 is 2.29 bits per heavy atom. The van der Waals surface area contributed by atoms with E-state index in [-0.39, 0.29) is 41.1 Å². The van der Waals surface area contributed by atoms with Gasteiger partial charge in [0, 0.05) is 17.7 Å². The number of hydrogen-bond acceptors (Lipinski definition) is 1. The third kappa shape index (κ3) is 5.00. The largest absolute Gasteiger partial charge is 1.00 e. The first-order valence-electron chi connectivity index (χ1n) is 11.7. The lowest BCUT2D eigenvalue weighted by Gasteiger charge is -2.17. The molecule has 0 fully saturated rings. The number of nitrogens with zero attached hydrogens (tertiary/aromatic N) is 1. The molecule has 0 saturated heterocycles. The zero-order valence-corrected chi connectivity index (χ0v) is 22.5. The van der Waals surface area contributed by atoms with Gasteiger partial charge in [-0.2, -0.15) is 4.58 Å². The zero-order chi connectivity index (χ0) is 23.4. The minimum atomic E-state index is -0.207. The molecule has 3 aromatic rings. The second kappa shape index (κ2) is 11.1. The Labute approximate surface area is 220 Å². The number of allylic oxidation sites excluding steroid dienone is 6. The summed E-state index contributed by atoms with van der Waals surface area (Å²) in [6.07, 6.45) is 12.3. The molecule has 1 atom stereocenters. The topological polar surface area (TPSA) is 20.1 Å². The molecule has 1 aliphatic heterocycles. The van der Waals surface area contributed by atoms with Crippen LogP contribution in [0.1, 0.15) is 44.7 Å². The molecule has 1 unspecified atom stereocenters. The van der Waals surface area contributed by atoms with E-state index < -0.39 is 0 Å². The molecular formula is C31H32INO. The summed E-state index contributed by atoms with van der Waals surface area (Å²) >= 11 is 0. The molecule has 4 rings (SSSR count). The van der Waals surface area contributed by atoms with Gasteiger partial charge in [0.1, 0.15) is 12.3 Å². The Morgan fingerprint density at radius 2 is 1.59 bits per heavy atom. The van der Waals surface area contributed by atoms with E-state index in [9.17, 15) is 4.79 Å². The lowest BCUT2D eigenvalue weighted by molar-refractivity contribution is -0.433. The molecule has 0 N–H and O–H groups in total. The molecule has 2 nitrogen and oxygen atoms in total. The monoisotopic (exact) mass is 561 g/mol. The van der Waals surface area contributed by atoms with E-state index in [4.69, 9.17) is 0 Å². The first kappa shape index (κ1) is 25.8. The SMILES string of the molecule is CC[N+]1=C(/C=C/C=C/C=C/C(C(C)=O)c2ccccc2)C(C)(C)c2c1ccc1ccccc21.[I-]. The van der Waals surface area contributed by atoms with Crippen LogP contribution in [0.2, 0.25) is 0 Å². The van der Waals surface area contributed by atoms with Crippen molar-refractivity contribution in [3.05, 3.63) is 114 Å². The first-order valence-corrected chi connectivity index (χ1v) is 11.7. The first-order chi connectivity index (χ1) is 15.9. The quantitative estimate of drug-likeness (QED) is 0.240. The summed E-state index contributed by atoms with van der Waals surface area (Å²) in [7, 11) is 0. The lowest BCUT2D eigenvalue weighted by Crippen LogP contribution is -3.00. The molecule has 34 heavy (non-hydrogen) atoms. The highest BCUT2D eigenvalue weighted by Crippen LogP contribution is 2.44. The van der Waals surface area contributed by atoms with E-state index in [2.05, 4.69) is 73.9 Å². The fourth-order valence-corrected chi connectivity index (χ4v) is 4.97. The van der Waals surface area contributed by atoms with Crippen molar-refractivity contribution in [2.75, 3.05) is 6.54 Å². The van der Waals surface area contributed by atoms with Crippen LogP contribution in [0.3, 0.4) is 0 Å². The van der Waals surface area contributed by atoms with E-state index >= 15 is 0 Å². The Balaban J connectivity index is 0.00000324. The van der Waals surface area contributed by atoms with Gasteiger partial charge in [0.25, 0.3) is 0 Å². The molecule has 0 amide bonds. The normalized spacial score (nSPS) is 15.9. The van der Waals surface area contributed by atoms with Gasteiger partial charge < -0.3 is 24.0 Å². The van der Waals surface area contributed by atoms with Gasteiger partial charge in [-0.05, 0) is 50.1 Å². The van der Waals surface area contributed by atoms with Crippen LogP contribution in [0.4, 0.5) is 5.69 Å². The molecule has 174 valence electrons. The summed E-state index contributed by atoms with van der Waals surface area (Å²) in [6.45, 7) is 9.40. The summed E-state index contributed by atoms with van der Waals surface area (Å²) in [5, 5.41) is 2.62. The van der Waals surface area contributed by atoms with E-state index in [1.54, 1.807) is 6.92 Å². The van der Waals surface area contributed by atoms with Crippen molar-refractivity contribution in [1.82, 2.24) is 0 Å². The number of hydrogen-bond donors (Lipinski definition) is 0. The highest BCUT2D eigenvalue weighted by molar-refractivity contribution is 6.07. The molecule has 0 saturated carbocycles. The fraction of sp³-hybridized carbons (Fsp3) is 0.226. The Hall–Kier alpha value is -2.79. The molecule has 0 bridgehead atoms. The van der Waals surface area contributed by atoms with Crippen molar-refractivity contribution in [2.24, 2.45) is 0 Å². The van der Waals surface area contributed by atoms with Crippen molar-refractivity contribution >= 4 is 28.0 Å². The van der Waals surface area contributed by atoms with Gasteiger partial charge in [-0.15, -0.1) is 0 Å². The highest BCUT2D eigenvalue weighted by atomic mass is 127. The summed E-state index contributed by atoms with van der Waals surface area (Å²) in [6, 6.07) is 23.0. The number of fused-ring (bicyclic) bond motifs is 3. The molecule has 0 aromatic heterocycles. The molecule has 3 aromatic carbocycles. The molecule has 1 heterocycles. The van der Waals surface area contributed by atoms with Crippen LogP contribution in [-0.2, 0) is 10.2 Å². The average Bonchev–Trinajstić information content (AvgIpc) is 3.04. The van der Waals surface area contributed by atoms with Gasteiger partial charge >= 0.3 is 0 Å². The highest BCUT2D eigenvalue weighted by Gasteiger charge is 2.44. The second-order valence-electron chi connectivity index (χ2n) is 9.06. The minimum Gasteiger partial charge on any atom is -1.00 e. The number of carbonyl (C=O) groups excluding carboxylic acids is 1. The fourth-order valence-electron chi connectivity index (χ4n) is 4.97. The van der Waals surface area contributed by atoms with Gasteiger partial charge in [-0.25, -0.2) is 0 Å². The van der Waals surface area contributed by atoms with E-state index in [1.165, 1.54) is 27.7 Å². The van der Waals surface area contributed by atoms with Crippen LogP contribution in [0.25, 0.3) is 10.8 Å². The van der Waals surface area contributed by atoms with Gasteiger partial charge in [-0.1, -0.05) is 85.0 Å². The maximum absolute atomic E-state index is 12.1. The van der Waals surface area contributed by atoms with Crippen LogP contribution in [0, 0.1) is 0 Å². The van der Waals surface area contributed by atoms with Crippen molar-refractivity contribution in [2.45, 2.75) is 39.0 Å². The van der Waals surface area contributed by atoms with E-state index in [0.29, 0.717) is 0 Å². The number of halogens is 1. The van der Waals surface area contributed by atoms with Crippen molar-refractivity contribution in [1.29, 1.82) is 0 Å². The lowest BCUT2D eigenvalue weighted by atomic mass is 9.79. The van der Waals surface area contributed by atoms with Crippen LogP contribution >= 0.6 is 0 Å². The number of benzene rings is 3. The number of rotatable bonds is 7. The van der Waals surface area contributed by atoms with E-state index in [1.807, 2.05) is 54.6 Å². The van der Waals surface area contributed by atoms with Gasteiger partial charge in [-0.3, -0.25) is 4.79 Å². The van der Waals surface area contributed by atoms with Crippen LogP contribution in [-0.4, -0.2) is 22.6 Å². The Kier molecular flexibility index (Phi) is 8.42. The number of carbonyl (C=O) groups is 1. The average molecular weight is 562 g/mol. The number of Topliss-reactive ketones (excluding diaryl/α,β-unsaturated/α-hetero) is 1. The second-order valence-corrected chi connectivity index (χ2v) is 9.06. The van der Waals surface area contributed by atoms with Crippen molar-refractivity contribution in [3.8, 4) is 0 Å². The Bertz CT molecular complexity index is 1300. The van der Waals surface area contributed by atoms with Gasteiger partial charge in [0.15, 0.2) is 5.71 Å². The molecule has 0 aliphatic carbocycles. The molecule has 0 radical (unpaired) electrons. The summed E-state index contributed by atoms with van der Waals surface area (Å²) in [4.78, 5) is 12.1. The van der Waals surface area contributed by atoms with E-state index in [0.717, 1.165) is 12.1 Å². The number of ketones is 1. The predicted octanol–water partition coefficient (Wildman–Crippen LogP) is 4.28. The standard InChI is InChI=1S/C31H32NO.HI/c1-5-32-28-22-21-25-17-13-14-19-27(25)30(28)31(3,4)29(32)20-12-7-6-11-18-26(23(2)33)24-15-9-8-10-16-24;/h6-22,26H,5H2,1-4H3;1H/q+1;/p-1/b7-6+,18-11+,20-12+;. The van der Waals surface area contributed by atoms with Gasteiger partial charge in [0.05, 0.1) is 11.3 Å². The van der Waals surface area contributed by atoms with Crippen molar-refractivity contribution in [3.63, 3.8) is 0 Å². The molecule has 0 spiro atoms. The Morgan fingerprint density at radius 1 is 0.912 bits per heavy atom. The zero-order valence-electron chi connectivity index (χ0n) is 20.3. The van der Waals surface area contributed by atoms with Crippen LogP contribution in [0.15, 0.2) is 103 Å². The maximum atomic E-state index is 12.1. The predicted molar refractivity (Wildman–Crippen MR) is 140 cm³/mol.